The predicted molar refractivity (Wildman–Crippen MR) is 102 cm³/mol. The van der Waals surface area contributed by atoms with Gasteiger partial charge in [0.15, 0.2) is 5.82 Å². The van der Waals surface area contributed by atoms with Gasteiger partial charge in [-0.15, -0.1) is 12.4 Å². The Kier molecular flexibility index (Phi) is 6.71. The van der Waals surface area contributed by atoms with Crippen LogP contribution in [0.25, 0.3) is 22.3 Å². The second-order valence-electron chi connectivity index (χ2n) is 5.26. The first-order valence-electron chi connectivity index (χ1n) is 7.99. The number of nitrogens with zero attached hydrogens (tertiary/aromatic N) is 2. The van der Waals surface area contributed by atoms with Crippen LogP contribution in [0.2, 0.25) is 0 Å². The van der Waals surface area contributed by atoms with Crippen molar-refractivity contribution in [3.05, 3.63) is 54.6 Å². The van der Waals surface area contributed by atoms with Crippen LogP contribution >= 0.6 is 12.4 Å². The fraction of sp³-hybridized carbons (Fsp3) is 0.211. The van der Waals surface area contributed by atoms with Gasteiger partial charge in [0.25, 0.3) is 0 Å². The van der Waals surface area contributed by atoms with E-state index >= 15 is 0 Å². The monoisotopic (exact) mass is 357 g/mol. The van der Waals surface area contributed by atoms with E-state index in [4.69, 9.17) is 4.74 Å². The lowest BCUT2D eigenvalue weighted by atomic mass is 10.2. The van der Waals surface area contributed by atoms with Gasteiger partial charge in [-0.2, -0.15) is 0 Å². The van der Waals surface area contributed by atoms with Crippen molar-refractivity contribution in [1.29, 1.82) is 0 Å². The summed E-state index contributed by atoms with van der Waals surface area (Å²) in [5, 5.41) is 4.17. The molecule has 5 nitrogen and oxygen atoms in total. The van der Waals surface area contributed by atoms with Crippen LogP contribution in [-0.4, -0.2) is 29.1 Å². The average Bonchev–Trinajstić information content (AvgIpc) is 2.62. The number of esters is 1. The fourth-order valence-corrected chi connectivity index (χ4v) is 2.44. The number of fused-ring (bicyclic) bond motifs is 1. The summed E-state index contributed by atoms with van der Waals surface area (Å²) >= 11 is 0. The molecule has 0 bridgehead atoms. The molecule has 0 aliphatic heterocycles. The minimum absolute atomic E-state index is 0. The first kappa shape index (κ1) is 18.7. The standard InChI is InChI=1S/C19H19N3O2.ClH/c1-2-24-17(23)12-13-20-19-15-10-6-7-11-16(15)21-18(22-19)14-8-4-3-5-9-14;/h3-11H,2,12-13H2,1H3,(H,20,21,22);1H. The number of para-hydroxylation sites is 1. The molecule has 0 radical (unpaired) electrons. The third-order valence-electron chi connectivity index (χ3n) is 3.56. The number of anilines is 1. The van der Waals surface area contributed by atoms with E-state index in [9.17, 15) is 4.79 Å². The topological polar surface area (TPSA) is 64.1 Å². The largest absolute Gasteiger partial charge is 0.466 e. The van der Waals surface area contributed by atoms with E-state index in [1.165, 1.54) is 0 Å². The van der Waals surface area contributed by atoms with Crippen LogP contribution in [0.1, 0.15) is 13.3 Å². The number of carbonyl (C=O) groups excluding carboxylic acids is 1. The van der Waals surface area contributed by atoms with E-state index < -0.39 is 0 Å². The van der Waals surface area contributed by atoms with E-state index in [2.05, 4.69) is 15.3 Å². The Balaban J connectivity index is 0.00000225. The zero-order chi connectivity index (χ0) is 16.8. The first-order chi connectivity index (χ1) is 11.8. The van der Waals surface area contributed by atoms with Gasteiger partial charge < -0.3 is 10.1 Å². The average molecular weight is 358 g/mol. The minimum atomic E-state index is -0.216. The van der Waals surface area contributed by atoms with Gasteiger partial charge in [-0.25, -0.2) is 9.97 Å². The summed E-state index contributed by atoms with van der Waals surface area (Å²) in [4.78, 5) is 20.8. The number of carbonyl (C=O) groups is 1. The highest BCUT2D eigenvalue weighted by Crippen LogP contribution is 2.24. The lowest BCUT2D eigenvalue weighted by molar-refractivity contribution is -0.142. The van der Waals surface area contributed by atoms with Crippen LogP contribution in [0.4, 0.5) is 5.82 Å². The number of nitrogens with one attached hydrogen (secondary N) is 1. The summed E-state index contributed by atoms with van der Waals surface area (Å²) in [6.45, 7) is 2.66. The molecule has 0 amide bonds. The van der Waals surface area contributed by atoms with Crippen LogP contribution in [0, 0.1) is 0 Å². The summed E-state index contributed by atoms with van der Waals surface area (Å²) < 4.78 is 4.95. The molecule has 0 fully saturated rings. The number of halogens is 1. The van der Waals surface area contributed by atoms with Crippen molar-refractivity contribution in [3.8, 4) is 11.4 Å². The molecule has 2 aromatic carbocycles. The van der Waals surface area contributed by atoms with Gasteiger partial charge in [0, 0.05) is 17.5 Å². The number of ether oxygens (including phenoxy) is 1. The molecule has 1 heterocycles. The van der Waals surface area contributed by atoms with Crippen LogP contribution in [0.15, 0.2) is 54.6 Å². The Morgan fingerprint density at radius 3 is 2.52 bits per heavy atom. The molecule has 1 N–H and O–H groups in total. The molecule has 0 saturated carbocycles. The fourth-order valence-electron chi connectivity index (χ4n) is 2.44. The lowest BCUT2D eigenvalue weighted by Gasteiger charge is -2.11. The molecule has 0 unspecified atom stereocenters. The second kappa shape index (κ2) is 8.99. The Morgan fingerprint density at radius 1 is 1.04 bits per heavy atom. The smallest absolute Gasteiger partial charge is 0.307 e. The molecule has 25 heavy (non-hydrogen) atoms. The maximum absolute atomic E-state index is 11.5. The maximum atomic E-state index is 11.5. The Morgan fingerprint density at radius 2 is 1.76 bits per heavy atom. The second-order valence-corrected chi connectivity index (χ2v) is 5.26. The number of benzene rings is 2. The number of hydrogen-bond acceptors (Lipinski definition) is 5. The van der Waals surface area contributed by atoms with Crippen LogP contribution in [0.3, 0.4) is 0 Å². The number of aromatic nitrogens is 2. The summed E-state index contributed by atoms with van der Waals surface area (Å²) in [5.74, 6) is 1.17. The lowest BCUT2D eigenvalue weighted by Crippen LogP contribution is -2.12. The first-order valence-corrected chi connectivity index (χ1v) is 7.99. The highest BCUT2D eigenvalue weighted by molar-refractivity contribution is 5.90. The van der Waals surface area contributed by atoms with Crippen LogP contribution in [-0.2, 0) is 9.53 Å². The summed E-state index contributed by atoms with van der Waals surface area (Å²) in [6, 6.07) is 17.7. The molecule has 0 aliphatic rings. The third kappa shape index (κ3) is 4.67. The molecule has 1 aromatic heterocycles. The predicted octanol–water partition coefficient (Wildman–Crippen LogP) is 4.08. The van der Waals surface area contributed by atoms with Gasteiger partial charge in [0.2, 0.25) is 0 Å². The SMILES string of the molecule is CCOC(=O)CCNc1nc(-c2ccccc2)nc2ccccc12.Cl. The van der Waals surface area contributed by atoms with Gasteiger partial charge >= 0.3 is 5.97 Å². The third-order valence-corrected chi connectivity index (χ3v) is 3.56. The van der Waals surface area contributed by atoms with Crippen LogP contribution < -0.4 is 5.32 Å². The number of hydrogen-bond donors (Lipinski definition) is 1. The van der Waals surface area contributed by atoms with Gasteiger partial charge in [0.05, 0.1) is 18.5 Å². The van der Waals surface area contributed by atoms with Gasteiger partial charge in [-0.1, -0.05) is 42.5 Å². The maximum Gasteiger partial charge on any atom is 0.307 e. The molecule has 130 valence electrons. The Labute approximate surface area is 152 Å². The molecule has 6 heteroatoms. The van der Waals surface area contributed by atoms with Crippen molar-refractivity contribution >= 4 is 35.1 Å². The quantitative estimate of drug-likeness (QED) is 0.673. The van der Waals surface area contributed by atoms with Gasteiger partial charge in [-0.3, -0.25) is 4.79 Å². The van der Waals surface area contributed by atoms with Gasteiger partial charge in [0.1, 0.15) is 5.82 Å². The molecule has 3 rings (SSSR count). The van der Waals surface area contributed by atoms with Crippen molar-refractivity contribution in [2.75, 3.05) is 18.5 Å². The van der Waals surface area contributed by atoms with Crippen molar-refractivity contribution in [1.82, 2.24) is 9.97 Å². The van der Waals surface area contributed by atoms with E-state index in [0.717, 1.165) is 22.3 Å². The Hall–Kier alpha value is -2.66. The molecule has 0 aliphatic carbocycles. The van der Waals surface area contributed by atoms with E-state index in [-0.39, 0.29) is 18.4 Å². The van der Waals surface area contributed by atoms with Crippen molar-refractivity contribution < 1.29 is 9.53 Å². The number of rotatable bonds is 6. The minimum Gasteiger partial charge on any atom is -0.466 e. The molecule has 0 spiro atoms. The zero-order valence-electron chi connectivity index (χ0n) is 13.9. The molecule has 3 aromatic rings. The summed E-state index contributed by atoms with van der Waals surface area (Å²) in [7, 11) is 0. The van der Waals surface area contributed by atoms with Crippen molar-refractivity contribution in [3.63, 3.8) is 0 Å². The zero-order valence-corrected chi connectivity index (χ0v) is 14.8. The van der Waals surface area contributed by atoms with Gasteiger partial charge in [-0.05, 0) is 19.1 Å². The highest BCUT2D eigenvalue weighted by atomic mass is 35.5. The normalized spacial score (nSPS) is 10.1. The van der Waals surface area contributed by atoms with E-state index in [1.54, 1.807) is 6.92 Å². The molecule has 0 atom stereocenters. The van der Waals surface area contributed by atoms with Crippen molar-refractivity contribution in [2.45, 2.75) is 13.3 Å². The van der Waals surface area contributed by atoms with E-state index in [1.807, 2.05) is 54.6 Å². The van der Waals surface area contributed by atoms with Crippen LogP contribution in [0.5, 0.6) is 0 Å². The highest BCUT2D eigenvalue weighted by Gasteiger charge is 2.09. The Bertz CT molecular complexity index is 840. The van der Waals surface area contributed by atoms with E-state index in [0.29, 0.717) is 25.4 Å². The summed E-state index contributed by atoms with van der Waals surface area (Å²) in [5.41, 5.74) is 1.82. The molecular weight excluding hydrogens is 338 g/mol. The van der Waals surface area contributed by atoms with Crippen molar-refractivity contribution in [2.24, 2.45) is 0 Å². The molecule has 0 saturated heterocycles. The summed E-state index contributed by atoms with van der Waals surface area (Å²) in [6.07, 6.45) is 0.298. The molecular formula is C19H20ClN3O2.